The molecule has 6 nitrogen and oxygen atoms in total. The fraction of sp³-hybridized carbons (Fsp3) is 0.300. The van der Waals surface area contributed by atoms with Gasteiger partial charge in [-0.3, -0.25) is 0 Å². The van der Waals surface area contributed by atoms with Gasteiger partial charge in [0.15, 0.2) is 5.76 Å². The first-order valence-corrected chi connectivity index (χ1v) is 8.82. The summed E-state index contributed by atoms with van der Waals surface area (Å²) in [7, 11) is 0. The summed E-state index contributed by atoms with van der Waals surface area (Å²) >= 11 is 0. The van der Waals surface area contributed by atoms with Gasteiger partial charge in [0.1, 0.15) is 11.3 Å². The second-order valence-electron chi connectivity index (χ2n) is 6.46. The van der Waals surface area contributed by atoms with Crippen LogP contribution in [0.25, 0.3) is 21.7 Å². The van der Waals surface area contributed by atoms with E-state index in [0.717, 1.165) is 41.2 Å². The third kappa shape index (κ3) is 3.41. The van der Waals surface area contributed by atoms with Crippen molar-refractivity contribution in [2.45, 2.75) is 25.9 Å². The minimum absolute atomic E-state index is 0.106. The highest BCUT2D eigenvalue weighted by Crippen LogP contribution is 2.28. The highest BCUT2D eigenvalue weighted by atomic mass is 16.5. The number of furan rings is 1. The fourth-order valence-electron chi connectivity index (χ4n) is 3.21. The number of carbonyl (C=O) groups excluding carboxylic acids is 1. The summed E-state index contributed by atoms with van der Waals surface area (Å²) in [6.07, 6.45) is 2.14. The summed E-state index contributed by atoms with van der Waals surface area (Å²) in [4.78, 5) is 11.9. The molecule has 0 aliphatic carbocycles. The SMILES string of the molecule is CC(=NNC(=O)NCC1CCCO1)c1cc2c(ccc3ccccc32)o1. The van der Waals surface area contributed by atoms with Crippen LogP contribution in [0.15, 0.2) is 52.0 Å². The molecular weight excluding hydrogens is 330 g/mol. The third-order valence-corrected chi connectivity index (χ3v) is 4.62. The largest absolute Gasteiger partial charge is 0.455 e. The van der Waals surface area contributed by atoms with Crippen molar-refractivity contribution in [3.05, 3.63) is 48.2 Å². The van der Waals surface area contributed by atoms with Crippen LogP contribution < -0.4 is 10.7 Å². The molecule has 134 valence electrons. The number of rotatable bonds is 4. The Morgan fingerprint density at radius 2 is 2.12 bits per heavy atom. The Kier molecular flexibility index (Phi) is 4.58. The van der Waals surface area contributed by atoms with Gasteiger partial charge in [-0.1, -0.05) is 30.3 Å². The smallest absolute Gasteiger partial charge is 0.335 e. The molecule has 0 saturated carbocycles. The number of fused-ring (bicyclic) bond motifs is 3. The Morgan fingerprint density at radius 3 is 2.96 bits per heavy atom. The third-order valence-electron chi connectivity index (χ3n) is 4.62. The summed E-state index contributed by atoms with van der Waals surface area (Å²) in [6, 6.07) is 13.8. The van der Waals surface area contributed by atoms with Gasteiger partial charge < -0.3 is 14.5 Å². The average Bonchev–Trinajstić information content (AvgIpc) is 3.33. The van der Waals surface area contributed by atoms with E-state index in [0.29, 0.717) is 18.0 Å². The predicted molar refractivity (Wildman–Crippen MR) is 101 cm³/mol. The Labute approximate surface area is 151 Å². The molecule has 2 heterocycles. The number of carbonyl (C=O) groups is 1. The molecule has 26 heavy (non-hydrogen) atoms. The maximum atomic E-state index is 11.9. The van der Waals surface area contributed by atoms with E-state index in [9.17, 15) is 4.79 Å². The molecule has 2 amide bonds. The van der Waals surface area contributed by atoms with Crippen LogP contribution in [0.1, 0.15) is 25.5 Å². The molecule has 1 unspecified atom stereocenters. The van der Waals surface area contributed by atoms with E-state index in [1.165, 1.54) is 0 Å². The molecule has 1 aliphatic rings. The second-order valence-corrected chi connectivity index (χ2v) is 6.46. The molecule has 1 fully saturated rings. The lowest BCUT2D eigenvalue weighted by Crippen LogP contribution is -2.37. The van der Waals surface area contributed by atoms with Gasteiger partial charge in [-0.2, -0.15) is 5.10 Å². The lowest BCUT2D eigenvalue weighted by molar-refractivity contribution is 0.111. The van der Waals surface area contributed by atoms with E-state index in [2.05, 4.69) is 28.0 Å². The van der Waals surface area contributed by atoms with Crippen LogP contribution in [0.3, 0.4) is 0 Å². The van der Waals surface area contributed by atoms with Crippen LogP contribution in [0.4, 0.5) is 4.79 Å². The van der Waals surface area contributed by atoms with Gasteiger partial charge in [-0.25, -0.2) is 10.2 Å². The monoisotopic (exact) mass is 351 g/mol. The zero-order valence-electron chi connectivity index (χ0n) is 14.6. The first kappa shape index (κ1) is 16.6. The maximum Gasteiger partial charge on any atom is 0.335 e. The van der Waals surface area contributed by atoms with Crippen molar-refractivity contribution in [1.29, 1.82) is 0 Å². The predicted octanol–water partition coefficient (Wildman–Crippen LogP) is 3.79. The molecular formula is C20H21N3O3. The van der Waals surface area contributed by atoms with Crippen molar-refractivity contribution in [2.24, 2.45) is 5.10 Å². The molecule has 1 atom stereocenters. The summed E-state index contributed by atoms with van der Waals surface area (Å²) < 4.78 is 11.4. The van der Waals surface area contributed by atoms with Crippen molar-refractivity contribution >= 4 is 33.5 Å². The van der Waals surface area contributed by atoms with Crippen LogP contribution in [-0.4, -0.2) is 31.0 Å². The van der Waals surface area contributed by atoms with E-state index in [1.807, 2.05) is 30.3 Å². The number of hydrogen-bond acceptors (Lipinski definition) is 4. The first-order chi connectivity index (χ1) is 12.7. The summed E-state index contributed by atoms with van der Waals surface area (Å²) in [5, 5.41) is 10.2. The van der Waals surface area contributed by atoms with Crippen molar-refractivity contribution in [3.63, 3.8) is 0 Å². The van der Waals surface area contributed by atoms with Crippen molar-refractivity contribution in [2.75, 3.05) is 13.2 Å². The Bertz CT molecular complexity index is 971. The van der Waals surface area contributed by atoms with Gasteiger partial charge in [0.25, 0.3) is 0 Å². The van der Waals surface area contributed by atoms with E-state index in [4.69, 9.17) is 9.15 Å². The minimum atomic E-state index is -0.346. The zero-order chi connectivity index (χ0) is 17.9. The molecule has 1 saturated heterocycles. The maximum absolute atomic E-state index is 11.9. The van der Waals surface area contributed by atoms with Gasteiger partial charge in [0.2, 0.25) is 0 Å². The van der Waals surface area contributed by atoms with E-state index < -0.39 is 0 Å². The zero-order valence-corrected chi connectivity index (χ0v) is 14.6. The first-order valence-electron chi connectivity index (χ1n) is 8.82. The lowest BCUT2D eigenvalue weighted by atomic mass is 10.1. The quantitative estimate of drug-likeness (QED) is 0.555. The molecule has 0 spiro atoms. The summed E-state index contributed by atoms with van der Waals surface area (Å²) in [5.74, 6) is 0.635. The lowest BCUT2D eigenvalue weighted by Gasteiger charge is -2.10. The van der Waals surface area contributed by atoms with Crippen LogP contribution in [0, 0.1) is 0 Å². The second kappa shape index (κ2) is 7.17. The minimum Gasteiger partial charge on any atom is -0.455 e. The van der Waals surface area contributed by atoms with Crippen molar-refractivity contribution in [3.8, 4) is 0 Å². The van der Waals surface area contributed by atoms with Crippen LogP contribution in [0.5, 0.6) is 0 Å². The normalized spacial score (nSPS) is 17.7. The number of benzene rings is 2. The number of hydrazone groups is 1. The molecule has 1 aromatic heterocycles. The number of ether oxygens (including phenoxy) is 1. The van der Waals surface area contributed by atoms with Gasteiger partial charge in [-0.15, -0.1) is 0 Å². The molecule has 0 bridgehead atoms. The number of nitrogens with one attached hydrogen (secondary N) is 2. The molecule has 4 rings (SSSR count). The van der Waals surface area contributed by atoms with E-state index in [-0.39, 0.29) is 12.1 Å². The standard InChI is InChI=1S/C20H21N3O3/c1-13(22-23-20(24)21-12-15-6-4-10-25-15)19-11-17-16-7-3-2-5-14(16)8-9-18(17)26-19/h2-3,5,7-9,11,15H,4,6,10,12H2,1H3,(H2,21,23,24). The molecule has 6 heteroatoms. The van der Waals surface area contributed by atoms with Gasteiger partial charge in [0.05, 0.1) is 6.10 Å². The summed E-state index contributed by atoms with van der Waals surface area (Å²) in [5.41, 5.74) is 3.92. The Hall–Kier alpha value is -2.86. The molecule has 0 radical (unpaired) electrons. The topological polar surface area (TPSA) is 75.9 Å². The molecule has 2 aromatic carbocycles. The highest BCUT2D eigenvalue weighted by Gasteiger charge is 2.16. The number of urea groups is 1. The Morgan fingerprint density at radius 1 is 1.23 bits per heavy atom. The van der Waals surface area contributed by atoms with Gasteiger partial charge in [0, 0.05) is 18.5 Å². The number of amides is 2. The molecule has 2 N–H and O–H groups in total. The van der Waals surface area contributed by atoms with Crippen LogP contribution in [-0.2, 0) is 4.74 Å². The van der Waals surface area contributed by atoms with Gasteiger partial charge in [-0.05, 0) is 42.7 Å². The van der Waals surface area contributed by atoms with Crippen LogP contribution in [0.2, 0.25) is 0 Å². The average molecular weight is 351 g/mol. The van der Waals surface area contributed by atoms with Crippen LogP contribution >= 0.6 is 0 Å². The number of hydrogen-bond donors (Lipinski definition) is 2. The van der Waals surface area contributed by atoms with E-state index in [1.54, 1.807) is 6.92 Å². The highest BCUT2D eigenvalue weighted by molar-refractivity contribution is 6.09. The molecule has 3 aromatic rings. The van der Waals surface area contributed by atoms with E-state index >= 15 is 0 Å². The van der Waals surface area contributed by atoms with Crippen molar-refractivity contribution in [1.82, 2.24) is 10.7 Å². The Balaban J connectivity index is 1.46. The fourth-order valence-corrected chi connectivity index (χ4v) is 3.21. The summed E-state index contributed by atoms with van der Waals surface area (Å²) in [6.45, 7) is 3.07. The van der Waals surface area contributed by atoms with Gasteiger partial charge >= 0.3 is 6.03 Å². The van der Waals surface area contributed by atoms with Crippen molar-refractivity contribution < 1.29 is 13.9 Å². The number of nitrogens with zero attached hydrogens (tertiary/aromatic N) is 1. The molecule has 1 aliphatic heterocycles.